The number of nitrogens with zero attached hydrogens (tertiary/aromatic N) is 1. The summed E-state index contributed by atoms with van der Waals surface area (Å²) in [4.78, 5) is 13.2. The minimum Gasteiger partial charge on any atom is -0.389 e. The number of hydrogen-bond donors (Lipinski definition) is 1. The molecule has 3 heteroatoms. The summed E-state index contributed by atoms with van der Waals surface area (Å²) < 4.78 is 0. The first kappa shape index (κ1) is 11.5. The molecule has 0 radical (unpaired) electrons. The SMILES string of the molecule is C=C(C(=O)N(C)c1ccccc1)C(C)O. The van der Waals surface area contributed by atoms with E-state index in [2.05, 4.69) is 6.58 Å². The van der Waals surface area contributed by atoms with Gasteiger partial charge in [0.1, 0.15) is 0 Å². The van der Waals surface area contributed by atoms with Gasteiger partial charge in [-0.25, -0.2) is 0 Å². The van der Waals surface area contributed by atoms with Gasteiger partial charge < -0.3 is 10.0 Å². The van der Waals surface area contributed by atoms with Crippen LogP contribution in [0.5, 0.6) is 0 Å². The zero-order chi connectivity index (χ0) is 11.4. The molecule has 1 aromatic rings. The van der Waals surface area contributed by atoms with Crippen LogP contribution in [0.25, 0.3) is 0 Å². The Labute approximate surface area is 89.6 Å². The number of carbonyl (C=O) groups is 1. The van der Waals surface area contributed by atoms with Gasteiger partial charge in [-0.1, -0.05) is 24.8 Å². The van der Waals surface area contributed by atoms with Crippen LogP contribution in [0.4, 0.5) is 5.69 Å². The maximum Gasteiger partial charge on any atom is 0.255 e. The second-order valence-corrected chi connectivity index (χ2v) is 3.40. The van der Waals surface area contributed by atoms with Gasteiger partial charge in [-0.05, 0) is 19.1 Å². The summed E-state index contributed by atoms with van der Waals surface area (Å²) in [5.74, 6) is -0.267. The summed E-state index contributed by atoms with van der Waals surface area (Å²) in [7, 11) is 1.66. The van der Waals surface area contributed by atoms with Crippen molar-refractivity contribution in [3.63, 3.8) is 0 Å². The normalized spacial score (nSPS) is 11.9. The standard InChI is InChI=1S/C12H15NO2/c1-9(10(2)14)12(15)13(3)11-7-5-4-6-8-11/h4-8,10,14H,1H2,2-3H3. The number of benzene rings is 1. The van der Waals surface area contributed by atoms with Gasteiger partial charge >= 0.3 is 0 Å². The number of likely N-dealkylation sites (N-methyl/N-ethyl adjacent to an activating group) is 1. The number of anilines is 1. The molecule has 1 atom stereocenters. The van der Waals surface area contributed by atoms with Crippen molar-refractivity contribution >= 4 is 11.6 Å². The second-order valence-electron chi connectivity index (χ2n) is 3.40. The van der Waals surface area contributed by atoms with Gasteiger partial charge in [-0.2, -0.15) is 0 Å². The summed E-state index contributed by atoms with van der Waals surface area (Å²) in [6.07, 6.45) is -0.816. The highest BCUT2D eigenvalue weighted by molar-refractivity contribution is 6.05. The van der Waals surface area contributed by atoms with Crippen molar-refractivity contribution in [3.05, 3.63) is 42.5 Å². The van der Waals surface area contributed by atoms with Crippen LogP contribution < -0.4 is 4.90 Å². The number of aliphatic hydroxyl groups excluding tert-OH is 1. The van der Waals surface area contributed by atoms with E-state index in [-0.39, 0.29) is 11.5 Å². The van der Waals surface area contributed by atoms with Gasteiger partial charge in [0.2, 0.25) is 0 Å². The Hall–Kier alpha value is -1.61. The van der Waals surface area contributed by atoms with Crippen LogP contribution in [0.3, 0.4) is 0 Å². The molecule has 0 spiro atoms. The molecule has 0 heterocycles. The van der Waals surface area contributed by atoms with Crippen LogP contribution in [0.15, 0.2) is 42.5 Å². The van der Waals surface area contributed by atoms with Crippen LogP contribution in [0.2, 0.25) is 0 Å². The highest BCUT2D eigenvalue weighted by Gasteiger charge is 2.17. The Morgan fingerprint density at radius 3 is 2.40 bits per heavy atom. The number of aliphatic hydroxyl groups is 1. The molecule has 15 heavy (non-hydrogen) atoms. The Balaban J connectivity index is 2.82. The summed E-state index contributed by atoms with van der Waals surface area (Å²) in [5, 5.41) is 9.24. The molecule has 0 aliphatic carbocycles. The van der Waals surface area contributed by atoms with Crippen LogP contribution >= 0.6 is 0 Å². The van der Waals surface area contributed by atoms with Crippen LogP contribution in [0.1, 0.15) is 6.92 Å². The van der Waals surface area contributed by atoms with E-state index in [9.17, 15) is 9.90 Å². The molecule has 0 aromatic heterocycles. The molecule has 0 fully saturated rings. The highest BCUT2D eigenvalue weighted by Crippen LogP contribution is 2.14. The fraction of sp³-hybridized carbons (Fsp3) is 0.250. The van der Waals surface area contributed by atoms with Crippen molar-refractivity contribution in [1.82, 2.24) is 0 Å². The molecular weight excluding hydrogens is 190 g/mol. The lowest BCUT2D eigenvalue weighted by atomic mass is 10.1. The van der Waals surface area contributed by atoms with E-state index >= 15 is 0 Å². The maximum atomic E-state index is 11.8. The molecule has 0 bridgehead atoms. The molecule has 1 N–H and O–H groups in total. The van der Waals surface area contributed by atoms with Crippen LogP contribution in [-0.2, 0) is 4.79 Å². The first-order chi connectivity index (χ1) is 7.04. The van der Waals surface area contributed by atoms with Crippen molar-refractivity contribution < 1.29 is 9.90 Å². The van der Waals surface area contributed by atoms with E-state index in [0.29, 0.717) is 0 Å². The predicted octanol–water partition coefficient (Wildman–Crippen LogP) is 1.59. The molecule has 1 aromatic carbocycles. The van der Waals surface area contributed by atoms with Crippen LogP contribution in [-0.4, -0.2) is 24.2 Å². The van der Waals surface area contributed by atoms with Gasteiger partial charge in [0.25, 0.3) is 5.91 Å². The molecule has 1 unspecified atom stereocenters. The third kappa shape index (κ3) is 2.67. The Bertz CT molecular complexity index is 357. The zero-order valence-corrected chi connectivity index (χ0v) is 8.97. The third-order valence-corrected chi connectivity index (χ3v) is 2.23. The van der Waals surface area contributed by atoms with Gasteiger partial charge in [-0.3, -0.25) is 4.79 Å². The van der Waals surface area contributed by atoms with Gasteiger partial charge in [0.15, 0.2) is 0 Å². The largest absolute Gasteiger partial charge is 0.389 e. The molecule has 80 valence electrons. The van der Waals surface area contributed by atoms with E-state index in [1.807, 2.05) is 30.3 Å². The Morgan fingerprint density at radius 2 is 1.93 bits per heavy atom. The van der Waals surface area contributed by atoms with Crippen molar-refractivity contribution in [3.8, 4) is 0 Å². The summed E-state index contributed by atoms with van der Waals surface area (Å²) >= 11 is 0. The average Bonchev–Trinajstić information content (AvgIpc) is 2.27. The van der Waals surface area contributed by atoms with Gasteiger partial charge in [0, 0.05) is 18.3 Å². The quantitative estimate of drug-likeness (QED) is 0.761. The lowest BCUT2D eigenvalue weighted by molar-refractivity contribution is -0.115. The highest BCUT2D eigenvalue weighted by atomic mass is 16.3. The fourth-order valence-electron chi connectivity index (χ4n) is 1.16. The van der Waals surface area contributed by atoms with E-state index < -0.39 is 6.10 Å². The lowest BCUT2D eigenvalue weighted by Gasteiger charge is -2.19. The summed E-state index contributed by atoms with van der Waals surface area (Å²) in [6, 6.07) is 9.24. The topological polar surface area (TPSA) is 40.5 Å². The molecular formula is C12H15NO2. The monoisotopic (exact) mass is 205 g/mol. The van der Waals surface area contributed by atoms with Crippen molar-refractivity contribution in [2.75, 3.05) is 11.9 Å². The van der Waals surface area contributed by atoms with E-state index in [1.165, 1.54) is 11.8 Å². The van der Waals surface area contributed by atoms with E-state index in [4.69, 9.17) is 0 Å². The van der Waals surface area contributed by atoms with E-state index in [1.54, 1.807) is 7.05 Å². The van der Waals surface area contributed by atoms with Crippen LogP contribution in [0, 0.1) is 0 Å². The number of amides is 1. The third-order valence-electron chi connectivity index (χ3n) is 2.23. The first-order valence-corrected chi connectivity index (χ1v) is 4.74. The molecule has 1 rings (SSSR count). The summed E-state index contributed by atoms with van der Waals surface area (Å²) in [6.45, 7) is 5.09. The molecule has 3 nitrogen and oxygen atoms in total. The fourth-order valence-corrected chi connectivity index (χ4v) is 1.16. The Morgan fingerprint density at radius 1 is 1.40 bits per heavy atom. The number of rotatable bonds is 3. The number of para-hydroxylation sites is 1. The number of hydrogen-bond acceptors (Lipinski definition) is 2. The minimum atomic E-state index is -0.816. The van der Waals surface area contributed by atoms with Crippen molar-refractivity contribution in [2.45, 2.75) is 13.0 Å². The lowest BCUT2D eigenvalue weighted by Crippen LogP contribution is -2.30. The second kappa shape index (κ2) is 4.75. The minimum absolute atomic E-state index is 0.196. The molecule has 0 aliphatic rings. The first-order valence-electron chi connectivity index (χ1n) is 4.74. The molecule has 0 saturated heterocycles. The molecule has 0 saturated carbocycles. The molecule has 1 amide bonds. The van der Waals surface area contributed by atoms with Gasteiger partial charge in [-0.15, -0.1) is 0 Å². The maximum absolute atomic E-state index is 11.8. The van der Waals surface area contributed by atoms with E-state index in [0.717, 1.165) is 5.69 Å². The smallest absolute Gasteiger partial charge is 0.255 e. The number of carbonyl (C=O) groups excluding carboxylic acids is 1. The van der Waals surface area contributed by atoms with Crippen molar-refractivity contribution in [2.24, 2.45) is 0 Å². The predicted molar refractivity (Wildman–Crippen MR) is 60.7 cm³/mol. The van der Waals surface area contributed by atoms with Crippen molar-refractivity contribution in [1.29, 1.82) is 0 Å². The average molecular weight is 205 g/mol. The summed E-state index contributed by atoms with van der Waals surface area (Å²) in [5.41, 5.74) is 0.977. The van der Waals surface area contributed by atoms with Gasteiger partial charge in [0.05, 0.1) is 6.10 Å². The Kier molecular flexibility index (Phi) is 3.63. The molecule has 0 aliphatic heterocycles. The zero-order valence-electron chi connectivity index (χ0n) is 8.97.